The second-order valence-electron chi connectivity index (χ2n) is 3.43. The van der Waals surface area contributed by atoms with Crippen LogP contribution >= 0.6 is 11.3 Å². The molecule has 0 aromatic carbocycles. The van der Waals surface area contributed by atoms with Crippen LogP contribution in [0, 0.1) is 17.2 Å². The van der Waals surface area contributed by atoms with Crippen molar-refractivity contribution in [3.63, 3.8) is 0 Å². The SMILES string of the molecule is N#CC1CCCC1Nc1ccsc1. The lowest BCUT2D eigenvalue weighted by Gasteiger charge is -2.15. The number of nitrogens with zero attached hydrogens (tertiary/aromatic N) is 1. The van der Waals surface area contributed by atoms with E-state index in [0.717, 1.165) is 18.5 Å². The molecular formula is C10H12N2S. The van der Waals surface area contributed by atoms with Crippen molar-refractivity contribution in [3.05, 3.63) is 16.8 Å². The zero-order valence-electron chi connectivity index (χ0n) is 7.36. The first-order chi connectivity index (χ1) is 6.40. The Morgan fingerprint density at radius 1 is 1.54 bits per heavy atom. The van der Waals surface area contributed by atoms with E-state index in [1.165, 1.54) is 6.42 Å². The summed E-state index contributed by atoms with van der Waals surface area (Å²) in [5.74, 6) is 0.208. The number of hydrogen-bond acceptors (Lipinski definition) is 3. The van der Waals surface area contributed by atoms with E-state index in [1.807, 2.05) is 0 Å². The van der Waals surface area contributed by atoms with Crippen molar-refractivity contribution < 1.29 is 0 Å². The van der Waals surface area contributed by atoms with Crippen molar-refractivity contribution in [2.75, 3.05) is 5.32 Å². The average Bonchev–Trinajstić information content (AvgIpc) is 2.76. The van der Waals surface area contributed by atoms with Crippen LogP contribution in [0.2, 0.25) is 0 Å². The molecule has 0 saturated heterocycles. The third kappa shape index (κ3) is 1.84. The van der Waals surface area contributed by atoms with Gasteiger partial charge in [0.15, 0.2) is 0 Å². The fourth-order valence-electron chi connectivity index (χ4n) is 1.85. The van der Waals surface area contributed by atoms with Gasteiger partial charge < -0.3 is 5.32 Å². The van der Waals surface area contributed by atoms with Crippen LogP contribution < -0.4 is 5.32 Å². The molecule has 0 radical (unpaired) electrons. The first-order valence-electron chi connectivity index (χ1n) is 4.58. The molecule has 2 rings (SSSR count). The number of nitriles is 1. The van der Waals surface area contributed by atoms with Gasteiger partial charge in [-0.05, 0) is 30.7 Å². The van der Waals surface area contributed by atoms with E-state index in [9.17, 15) is 0 Å². The molecule has 3 heteroatoms. The molecule has 2 unspecified atom stereocenters. The van der Waals surface area contributed by atoms with Crippen molar-refractivity contribution in [1.82, 2.24) is 0 Å². The summed E-state index contributed by atoms with van der Waals surface area (Å²) in [6.45, 7) is 0. The quantitative estimate of drug-likeness (QED) is 0.782. The minimum Gasteiger partial charge on any atom is -0.380 e. The van der Waals surface area contributed by atoms with Crippen LogP contribution in [0.25, 0.3) is 0 Å². The molecule has 1 N–H and O–H groups in total. The van der Waals surface area contributed by atoms with E-state index >= 15 is 0 Å². The topological polar surface area (TPSA) is 35.8 Å². The highest BCUT2D eigenvalue weighted by Gasteiger charge is 2.26. The van der Waals surface area contributed by atoms with E-state index in [2.05, 4.69) is 28.2 Å². The van der Waals surface area contributed by atoms with Crippen LogP contribution in [0.15, 0.2) is 16.8 Å². The van der Waals surface area contributed by atoms with Gasteiger partial charge in [-0.15, -0.1) is 0 Å². The molecule has 1 aliphatic carbocycles. The minimum atomic E-state index is 0.208. The second kappa shape index (κ2) is 3.80. The number of thiophene rings is 1. The Kier molecular flexibility index (Phi) is 2.51. The fourth-order valence-corrected chi connectivity index (χ4v) is 2.44. The molecule has 1 saturated carbocycles. The Morgan fingerprint density at radius 2 is 2.46 bits per heavy atom. The molecular weight excluding hydrogens is 180 g/mol. The highest BCUT2D eigenvalue weighted by atomic mass is 32.1. The van der Waals surface area contributed by atoms with Gasteiger partial charge in [0.05, 0.1) is 12.0 Å². The maximum Gasteiger partial charge on any atom is 0.0677 e. The smallest absolute Gasteiger partial charge is 0.0677 e. The lowest BCUT2D eigenvalue weighted by atomic mass is 10.1. The van der Waals surface area contributed by atoms with Gasteiger partial charge in [-0.1, -0.05) is 0 Å². The van der Waals surface area contributed by atoms with Crippen molar-refractivity contribution in [3.8, 4) is 6.07 Å². The largest absolute Gasteiger partial charge is 0.380 e. The van der Waals surface area contributed by atoms with E-state index in [0.29, 0.717) is 6.04 Å². The fraction of sp³-hybridized carbons (Fsp3) is 0.500. The average molecular weight is 192 g/mol. The third-order valence-electron chi connectivity index (χ3n) is 2.56. The third-order valence-corrected chi connectivity index (χ3v) is 3.24. The van der Waals surface area contributed by atoms with Crippen LogP contribution in [-0.2, 0) is 0 Å². The van der Waals surface area contributed by atoms with Crippen molar-refractivity contribution in [2.24, 2.45) is 5.92 Å². The number of hydrogen-bond donors (Lipinski definition) is 1. The lowest BCUT2D eigenvalue weighted by Crippen LogP contribution is -2.22. The molecule has 1 fully saturated rings. The van der Waals surface area contributed by atoms with Gasteiger partial charge in [0.25, 0.3) is 0 Å². The van der Waals surface area contributed by atoms with Gasteiger partial charge in [0.2, 0.25) is 0 Å². The molecule has 0 aliphatic heterocycles. The molecule has 1 heterocycles. The van der Waals surface area contributed by atoms with Crippen molar-refractivity contribution >= 4 is 17.0 Å². The zero-order valence-corrected chi connectivity index (χ0v) is 8.18. The van der Waals surface area contributed by atoms with Crippen LogP contribution in [0.3, 0.4) is 0 Å². The zero-order chi connectivity index (χ0) is 9.10. The summed E-state index contributed by atoms with van der Waals surface area (Å²) in [6, 6.07) is 4.81. The van der Waals surface area contributed by atoms with Gasteiger partial charge in [-0.2, -0.15) is 16.6 Å². The summed E-state index contributed by atoms with van der Waals surface area (Å²) in [7, 11) is 0. The Morgan fingerprint density at radius 3 is 3.15 bits per heavy atom. The number of anilines is 1. The number of rotatable bonds is 2. The predicted octanol–water partition coefficient (Wildman–Crippen LogP) is 2.85. The molecule has 1 aromatic rings. The van der Waals surface area contributed by atoms with Crippen molar-refractivity contribution in [2.45, 2.75) is 25.3 Å². The Labute approximate surface area is 82.2 Å². The first kappa shape index (κ1) is 8.58. The highest BCUT2D eigenvalue weighted by molar-refractivity contribution is 7.08. The van der Waals surface area contributed by atoms with Gasteiger partial charge in [0.1, 0.15) is 0 Å². The monoisotopic (exact) mass is 192 g/mol. The van der Waals surface area contributed by atoms with Gasteiger partial charge in [0, 0.05) is 17.1 Å². The van der Waals surface area contributed by atoms with E-state index < -0.39 is 0 Å². The van der Waals surface area contributed by atoms with E-state index in [1.54, 1.807) is 11.3 Å². The lowest BCUT2D eigenvalue weighted by molar-refractivity contribution is 0.630. The highest BCUT2D eigenvalue weighted by Crippen LogP contribution is 2.28. The Balaban J connectivity index is 1.99. The van der Waals surface area contributed by atoms with E-state index in [-0.39, 0.29) is 5.92 Å². The van der Waals surface area contributed by atoms with Gasteiger partial charge in [-0.25, -0.2) is 0 Å². The maximum absolute atomic E-state index is 8.88. The second-order valence-corrected chi connectivity index (χ2v) is 4.21. The van der Waals surface area contributed by atoms with Crippen LogP contribution in [0.4, 0.5) is 5.69 Å². The first-order valence-corrected chi connectivity index (χ1v) is 5.53. The normalized spacial score (nSPS) is 27.0. The summed E-state index contributed by atoms with van der Waals surface area (Å²) in [5.41, 5.74) is 1.16. The van der Waals surface area contributed by atoms with Crippen LogP contribution in [-0.4, -0.2) is 6.04 Å². The maximum atomic E-state index is 8.88. The molecule has 2 nitrogen and oxygen atoms in total. The molecule has 1 aromatic heterocycles. The molecule has 13 heavy (non-hydrogen) atoms. The van der Waals surface area contributed by atoms with Crippen LogP contribution in [0.5, 0.6) is 0 Å². The Bertz CT molecular complexity index is 299. The molecule has 0 bridgehead atoms. The summed E-state index contributed by atoms with van der Waals surface area (Å²) in [5, 5.41) is 16.4. The van der Waals surface area contributed by atoms with Gasteiger partial charge >= 0.3 is 0 Å². The van der Waals surface area contributed by atoms with Crippen molar-refractivity contribution in [1.29, 1.82) is 5.26 Å². The predicted molar refractivity (Wildman–Crippen MR) is 54.7 cm³/mol. The summed E-state index contributed by atoms with van der Waals surface area (Å²) in [4.78, 5) is 0. The summed E-state index contributed by atoms with van der Waals surface area (Å²) < 4.78 is 0. The molecule has 0 amide bonds. The standard InChI is InChI=1S/C10H12N2S/c11-6-8-2-1-3-10(8)12-9-4-5-13-7-9/h4-5,7-8,10,12H,1-3H2. The minimum absolute atomic E-state index is 0.208. The summed E-state index contributed by atoms with van der Waals surface area (Å²) >= 11 is 1.69. The summed E-state index contributed by atoms with van der Waals surface area (Å²) in [6.07, 6.45) is 3.37. The molecule has 68 valence electrons. The van der Waals surface area contributed by atoms with Crippen LogP contribution in [0.1, 0.15) is 19.3 Å². The Hall–Kier alpha value is -1.01. The molecule has 0 spiro atoms. The van der Waals surface area contributed by atoms with Gasteiger partial charge in [-0.3, -0.25) is 0 Å². The van der Waals surface area contributed by atoms with E-state index in [4.69, 9.17) is 5.26 Å². The molecule has 2 atom stereocenters. The number of nitrogens with one attached hydrogen (secondary N) is 1. The molecule has 1 aliphatic rings.